The third-order valence-corrected chi connectivity index (χ3v) is 6.56. The van der Waals surface area contributed by atoms with Gasteiger partial charge >= 0.3 is 0 Å². The number of fused-ring (bicyclic) bond motifs is 3. The minimum Gasteiger partial charge on any atom is -0.326 e. The molecule has 0 aliphatic heterocycles. The van der Waals surface area contributed by atoms with Crippen molar-refractivity contribution in [2.75, 3.05) is 0 Å². The first kappa shape index (κ1) is 18.7. The molecule has 0 fully saturated rings. The molecule has 140 valence electrons. The van der Waals surface area contributed by atoms with Crippen molar-refractivity contribution in [1.82, 2.24) is 19.5 Å². The predicted molar refractivity (Wildman–Crippen MR) is 103 cm³/mol. The van der Waals surface area contributed by atoms with E-state index < -0.39 is 14.8 Å². The monoisotopic (exact) mass is 375 g/mol. The Bertz CT molecular complexity index is 1040. The molecule has 7 nitrogen and oxygen atoms in total. The number of nitrogens with zero attached hydrogens (tertiary/aromatic N) is 4. The van der Waals surface area contributed by atoms with Crippen LogP contribution in [0.3, 0.4) is 0 Å². The lowest BCUT2D eigenvalue weighted by molar-refractivity contribution is 0.494. The van der Waals surface area contributed by atoms with Gasteiger partial charge in [0.1, 0.15) is 16.9 Å². The number of hydrogen-bond donors (Lipinski definition) is 1. The number of primary sulfonamides is 1. The van der Waals surface area contributed by atoms with E-state index in [2.05, 4.69) is 21.5 Å². The largest absolute Gasteiger partial charge is 0.326 e. The standard InChI is InChI=1S/C18H25N5O2S/c1-4-7-15-22-14-12-21-13-8-5-10-20-16(13)17(14)23(15)11-6-9-18(2,3)26(19,24)25/h5,8,10,12H,4,6-7,9,11H2,1-3H3,(H2,19,24,25). The van der Waals surface area contributed by atoms with Crippen LogP contribution in [0.4, 0.5) is 0 Å². The third-order valence-electron chi connectivity index (χ3n) is 4.81. The molecule has 0 saturated carbocycles. The highest BCUT2D eigenvalue weighted by Crippen LogP contribution is 2.26. The number of sulfonamides is 1. The fraction of sp³-hybridized carbons (Fsp3) is 0.500. The summed E-state index contributed by atoms with van der Waals surface area (Å²) in [6, 6.07) is 3.80. The maximum Gasteiger partial charge on any atom is 0.214 e. The van der Waals surface area contributed by atoms with Crippen LogP contribution in [0.15, 0.2) is 24.5 Å². The Labute approximate surface area is 153 Å². The first-order chi connectivity index (χ1) is 12.2. The molecule has 0 saturated heterocycles. The van der Waals surface area contributed by atoms with Gasteiger partial charge in [-0.05, 0) is 45.2 Å². The second kappa shape index (κ2) is 6.92. The normalized spacial score (nSPS) is 12.9. The number of hydrogen-bond acceptors (Lipinski definition) is 5. The second-order valence-corrected chi connectivity index (χ2v) is 9.40. The minimum atomic E-state index is -3.59. The van der Waals surface area contributed by atoms with E-state index in [-0.39, 0.29) is 0 Å². The van der Waals surface area contributed by atoms with E-state index in [9.17, 15) is 8.42 Å². The van der Waals surface area contributed by atoms with Crippen molar-refractivity contribution in [2.24, 2.45) is 5.14 Å². The van der Waals surface area contributed by atoms with Crippen LogP contribution < -0.4 is 5.14 Å². The minimum absolute atomic E-state index is 0.480. The van der Waals surface area contributed by atoms with Gasteiger partial charge in [-0.2, -0.15) is 0 Å². The molecule has 0 bridgehead atoms. The van der Waals surface area contributed by atoms with E-state index >= 15 is 0 Å². The molecule has 3 rings (SSSR count). The molecular weight excluding hydrogens is 350 g/mol. The summed E-state index contributed by atoms with van der Waals surface area (Å²) < 4.78 is 24.7. The van der Waals surface area contributed by atoms with Crippen molar-refractivity contribution in [3.63, 3.8) is 0 Å². The van der Waals surface area contributed by atoms with Crippen LogP contribution in [-0.2, 0) is 23.0 Å². The molecule has 3 heterocycles. The zero-order valence-electron chi connectivity index (χ0n) is 15.4. The highest BCUT2D eigenvalue weighted by molar-refractivity contribution is 7.90. The molecule has 26 heavy (non-hydrogen) atoms. The van der Waals surface area contributed by atoms with Crippen molar-refractivity contribution in [3.8, 4) is 0 Å². The molecule has 8 heteroatoms. The molecule has 3 aromatic rings. The van der Waals surface area contributed by atoms with E-state index in [1.165, 1.54) is 0 Å². The zero-order valence-corrected chi connectivity index (χ0v) is 16.3. The van der Waals surface area contributed by atoms with Gasteiger partial charge in [-0.25, -0.2) is 18.5 Å². The van der Waals surface area contributed by atoms with Crippen LogP contribution in [0.2, 0.25) is 0 Å². The Kier molecular flexibility index (Phi) is 4.98. The summed E-state index contributed by atoms with van der Waals surface area (Å²) >= 11 is 0. The lowest BCUT2D eigenvalue weighted by atomic mass is 10.1. The summed E-state index contributed by atoms with van der Waals surface area (Å²) in [5, 5.41) is 5.35. The summed E-state index contributed by atoms with van der Waals surface area (Å²) in [5.41, 5.74) is 3.44. The van der Waals surface area contributed by atoms with Crippen molar-refractivity contribution < 1.29 is 8.42 Å². The van der Waals surface area contributed by atoms with Crippen LogP contribution in [0, 0.1) is 0 Å². The summed E-state index contributed by atoms with van der Waals surface area (Å²) in [6.45, 7) is 6.12. The molecule has 0 radical (unpaired) electrons. The Balaban J connectivity index is 2.00. The Hall–Kier alpha value is -2.06. The average molecular weight is 375 g/mol. The molecule has 0 aromatic carbocycles. The fourth-order valence-electron chi connectivity index (χ4n) is 3.13. The lowest BCUT2D eigenvalue weighted by Crippen LogP contribution is -2.37. The third kappa shape index (κ3) is 3.43. The maximum atomic E-state index is 11.7. The van der Waals surface area contributed by atoms with E-state index in [0.717, 1.165) is 40.7 Å². The lowest BCUT2D eigenvalue weighted by Gasteiger charge is -2.22. The van der Waals surface area contributed by atoms with Crippen LogP contribution in [-0.4, -0.2) is 32.7 Å². The first-order valence-electron chi connectivity index (χ1n) is 8.86. The van der Waals surface area contributed by atoms with Gasteiger partial charge in [0.05, 0.1) is 22.0 Å². The van der Waals surface area contributed by atoms with Crippen LogP contribution in [0.25, 0.3) is 22.1 Å². The van der Waals surface area contributed by atoms with Crippen molar-refractivity contribution >= 4 is 32.1 Å². The van der Waals surface area contributed by atoms with Gasteiger partial charge in [0.25, 0.3) is 0 Å². The van der Waals surface area contributed by atoms with Gasteiger partial charge in [0.2, 0.25) is 10.0 Å². The van der Waals surface area contributed by atoms with E-state index in [1.54, 1.807) is 26.2 Å². The SMILES string of the molecule is CCCc1nc2cnc3cccnc3c2n1CCCC(C)(C)S(N)(=O)=O. The number of imidazole rings is 1. The van der Waals surface area contributed by atoms with Gasteiger partial charge in [-0.3, -0.25) is 9.97 Å². The second-order valence-electron chi connectivity index (χ2n) is 7.20. The van der Waals surface area contributed by atoms with Gasteiger partial charge in [0.15, 0.2) is 0 Å². The molecule has 0 amide bonds. The summed E-state index contributed by atoms with van der Waals surface area (Å²) in [5.74, 6) is 0.982. The molecule has 0 aliphatic rings. The van der Waals surface area contributed by atoms with Crippen molar-refractivity contribution in [2.45, 2.75) is 57.7 Å². The predicted octanol–water partition coefficient (Wildman–Crippen LogP) is 2.78. The molecule has 0 atom stereocenters. The van der Waals surface area contributed by atoms with Crippen molar-refractivity contribution in [3.05, 3.63) is 30.4 Å². The summed E-state index contributed by atoms with van der Waals surface area (Å²) in [6.07, 6.45) is 6.52. The summed E-state index contributed by atoms with van der Waals surface area (Å²) in [7, 11) is -3.59. The Morgan fingerprint density at radius 2 is 2.00 bits per heavy atom. The molecule has 0 spiro atoms. The zero-order chi connectivity index (χ0) is 18.9. The van der Waals surface area contributed by atoms with Crippen molar-refractivity contribution in [1.29, 1.82) is 0 Å². The smallest absolute Gasteiger partial charge is 0.214 e. The maximum absolute atomic E-state index is 11.7. The molecule has 2 N–H and O–H groups in total. The number of aryl methyl sites for hydroxylation is 2. The van der Waals surface area contributed by atoms with Crippen LogP contribution in [0.5, 0.6) is 0 Å². The number of nitrogens with two attached hydrogens (primary N) is 1. The van der Waals surface area contributed by atoms with E-state index in [4.69, 9.17) is 10.1 Å². The molecule has 0 unspecified atom stereocenters. The number of rotatable bonds is 7. The Morgan fingerprint density at radius 3 is 2.69 bits per heavy atom. The van der Waals surface area contributed by atoms with Gasteiger partial charge < -0.3 is 4.57 Å². The van der Waals surface area contributed by atoms with Gasteiger partial charge in [0, 0.05) is 19.2 Å². The van der Waals surface area contributed by atoms with E-state index in [0.29, 0.717) is 19.4 Å². The highest BCUT2D eigenvalue weighted by Gasteiger charge is 2.30. The van der Waals surface area contributed by atoms with E-state index in [1.807, 2.05) is 12.1 Å². The number of aromatic nitrogens is 4. The fourth-order valence-corrected chi connectivity index (χ4v) is 3.56. The summed E-state index contributed by atoms with van der Waals surface area (Å²) in [4.78, 5) is 13.7. The topological polar surface area (TPSA) is 104 Å². The first-order valence-corrected chi connectivity index (χ1v) is 10.4. The number of pyridine rings is 2. The molecule has 0 aliphatic carbocycles. The van der Waals surface area contributed by atoms with Crippen LogP contribution >= 0.6 is 0 Å². The highest BCUT2D eigenvalue weighted by atomic mass is 32.2. The van der Waals surface area contributed by atoms with Gasteiger partial charge in [-0.15, -0.1) is 0 Å². The van der Waals surface area contributed by atoms with Crippen LogP contribution in [0.1, 0.15) is 45.9 Å². The quantitative estimate of drug-likeness (QED) is 0.684. The average Bonchev–Trinajstić information content (AvgIpc) is 2.92. The Morgan fingerprint density at radius 1 is 1.23 bits per heavy atom. The molecule has 3 aromatic heterocycles. The molecular formula is C18H25N5O2S. The van der Waals surface area contributed by atoms with Gasteiger partial charge in [-0.1, -0.05) is 6.92 Å².